The van der Waals surface area contributed by atoms with Crippen molar-refractivity contribution in [1.29, 1.82) is 5.26 Å². The Bertz CT molecular complexity index is 664. The first-order valence-electron chi connectivity index (χ1n) is 6.70. The normalized spacial score (nSPS) is 11.7. The number of halogens is 1. The molecule has 0 heterocycles. The second-order valence-electron chi connectivity index (χ2n) is 4.76. The average Bonchev–Trinajstić information content (AvgIpc) is 2.52. The third-order valence-corrected chi connectivity index (χ3v) is 3.72. The van der Waals surface area contributed by atoms with Crippen LogP contribution < -0.4 is 10.1 Å². The van der Waals surface area contributed by atoms with Crippen molar-refractivity contribution in [2.24, 2.45) is 0 Å². The van der Waals surface area contributed by atoms with Crippen molar-refractivity contribution in [3.63, 3.8) is 0 Å². The van der Waals surface area contributed by atoms with E-state index in [1.54, 1.807) is 13.2 Å². The second-order valence-corrected chi connectivity index (χ2v) is 5.17. The maximum atomic E-state index is 8.99. The van der Waals surface area contributed by atoms with Gasteiger partial charge in [-0.2, -0.15) is 5.26 Å². The molecule has 0 aliphatic heterocycles. The first kappa shape index (κ1) is 15.4. The van der Waals surface area contributed by atoms with E-state index in [9.17, 15) is 0 Å². The minimum absolute atomic E-state index is 0.106. The summed E-state index contributed by atoms with van der Waals surface area (Å²) in [4.78, 5) is 0. The van der Waals surface area contributed by atoms with Crippen LogP contribution in [0.15, 0.2) is 42.5 Å². The van der Waals surface area contributed by atoms with E-state index in [1.807, 2.05) is 36.4 Å². The highest BCUT2D eigenvalue weighted by Gasteiger charge is 2.10. The number of benzene rings is 2. The molecule has 0 aliphatic carbocycles. The quantitative estimate of drug-likeness (QED) is 0.905. The molecule has 2 aromatic rings. The Morgan fingerprint density at radius 3 is 2.71 bits per heavy atom. The van der Waals surface area contributed by atoms with E-state index in [0.717, 1.165) is 21.9 Å². The first-order valence-corrected chi connectivity index (χ1v) is 7.08. The minimum Gasteiger partial charge on any atom is -0.496 e. The molecule has 0 amide bonds. The lowest BCUT2D eigenvalue weighted by Gasteiger charge is -2.17. The van der Waals surface area contributed by atoms with Gasteiger partial charge in [0.1, 0.15) is 5.75 Å². The molecule has 1 atom stereocenters. The molecule has 0 aliphatic rings. The van der Waals surface area contributed by atoms with Gasteiger partial charge in [-0.15, -0.1) is 0 Å². The number of ether oxygens (including phenoxy) is 1. The molecular formula is C17H17ClN2O. The van der Waals surface area contributed by atoms with Crippen molar-refractivity contribution in [2.75, 3.05) is 7.11 Å². The third-order valence-electron chi connectivity index (χ3n) is 3.38. The van der Waals surface area contributed by atoms with Crippen LogP contribution in [0, 0.1) is 11.3 Å². The summed E-state index contributed by atoms with van der Waals surface area (Å²) in [5, 5.41) is 13.1. The smallest absolute Gasteiger partial charge is 0.123 e. The highest BCUT2D eigenvalue weighted by Crippen LogP contribution is 2.24. The summed E-state index contributed by atoms with van der Waals surface area (Å²) in [6, 6.07) is 15.4. The Morgan fingerprint density at radius 1 is 1.29 bits per heavy atom. The SMILES string of the molecule is COc1ccc(C#N)cc1CN[C@H](C)c1ccccc1Cl. The van der Waals surface area contributed by atoms with E-state index >= 15 is 0 Å². The number of nitrogens with zero attached hydrogens (tertiary/aromatic N) is 1. The van der Waals surface area contributed by atoms with Crippen LogP contribution >= 0.6 is 11.6 Å². The van der Waals surface area contributed by atoms with E-state index in [4.69, 9.17) is 21.6 Å². The van der Waals surface area contributed by atoms with Gasteiger partial charge in [0.15, 0.2) is 0 Å². The van der Waals surface area contributed by atoms with E-state index < -0.39 is 0 Å². The maximum Gasteiger partial charge on any atom is 0.123 e. The van der Waals surface area contributed by atoms with Crippen LogP contribution in [-0.2, 0) is 6.54 Å². The van der Waals surface area contributed by atoms with Gasteiger partial charge in [-0.1, -0.05) is 29.8 Å². The first-order chi connectivity index (χ1) is 10.2. The molecule has 0 aromatic heterocycles. The van der Waals surface area contributed by atoms with Crippen LogP contribution in [0.2, 0.25) is 5.02 Å². The Kier molecular flexibility index (Phi) is 5.21. The topological polar surface area (TPSA) is 45.0 Å². The summed E-state index contributed by atoms with van der Waals surface area (Å²) in [5.74, 6) is 0.771. The molecule has 2 aromatic carbocycles. The summed E-state index contributed by atoms with van der Waals surface area (Å²) in [7, 11) is 1.63. The van der Waals surface area contributed by atoms with E-state index in [2.05, 4.69) is 18.3 Å². The van der Waals surface area contributed by atoms with Gasteiger partial charge in [-0.05, 0) is 36.8 Å². The molecule has 4 heteroatoms. The Hall–Kier alpha value is -2.02. The van der Waals surface area contributed by atoms with Crippen molar-refractivity contribution < 1.29 is 4.74 Å². The van der Waals surface area contributed by atoms with Crippen LogP contribution in [0.25, 0.3) is 0 Å². The maximum absolute atomic E-state index is 8.99. The van der Waals surface area contributed by atoms with Gasteiger partial charge in [0.2, 0.25) is 0 Å². The number of methoxy groups -OCH3 is 1. The summed E-state index contributed by atoms with van der Waals surface area (Å²) in [5.41, 5.74) is 2.63. The lowest BCUT2D eigenvalue weighted by atomic mass is 10.1. The molecule has 2 rings (SSSR count). The zero-order valence-electron chi connectivity index (χ0n) is 12.1. The van der Waals surface area contributed by atoms with Crippen molar-refractivity contribution in [1.82, 2.24) is 5.32 Å². The molecular weight excluding hydrogens is 284 g/mol. The van der Waals surface area contributed by atoms with E-state index in [-0.39, 0.29) is 6.04 Å². The zero-order chi connectivity index (χ0) is 15.2. The predicted octanol–water partition coefficient (Wildman–Crippen LogP) is 4.07. The molecule has 0 spiro atoms. The summed E-state index contributed by atoms with van der Waals surface area (Å²) in [6.45, 7) is 2.66. The minimum atomic E-state index is 0.106. The van der Waals surface area contributed by atoms with Gasteiger partial charge < -0.3 is 10.1 Å². The Labute approximate surface area is 130 Å². The number of hydrogen-bond donors (Lipinski definition) is 1. The van der Waals surface area contributed by atoms with Crippen LogP contribution in [0.1, 0.15) is 29.7 Å². The molecule has 0 unspecified atom stereocenters. The van der Waals surface area contributed by atoms with Crippen LogP contribution in [0.3, 0.4) is 0 Å². The molecule has 0 saturated heterocycles. The van der Waals surface area contributed by atoms with E-state index in [0.29, 0.717) is 12.1 Å². The van der Waals surface area contributed by atoms with Crippen molar-refractivity contribution in [2.45, 2.75) is 19.5 Å². The molecule has 108 valence electrons. The molecule has 0 radical (unpaired) electrons. The number of nitrogens with one attached hydrogen (secondary N) is 1. The molecule has 21 heavy (non-hydrogen) atoms. The van der Waals surface area contributed by atoms with Gasteiger partial charge >= 0.3 is 0 Å². The molecule has 1 N–H and O–H groups in total. The van der Waals surface area contributed by atoms with E-state index in [1.165, 1.54) is 0 Å². The largest absolute Gasteiger partial charge is 0.496 e. The van der Waals surface area contributed by atoms with Crippen molar-refractivity contribution >= 4 is 11.6 Å². The lowest BCUT2D eigenvalue weighted by molar-refractivity contribution is 0.406. The zero-order valence-corrected chi connectivity index (χ0v) is 12.8. The predicted molar refractivity (Wildman–Crippen MR) is 84.4 cm³/mol. The summed E-state index contributed by atoms with van der Waals surface area (Å²) in [6.07, 6.45) is 0. The number of hydrogen-bond acceptors (Lipinski definition) is 3. The Morgan fingerprint density at radius 2 is 2.05 bits per heavy atom. The van der Waals surface area contributed by atoms with Gasteiger partial charge in [0, 0.05) is 23.2 Å². The average molecular weight is 301 g/mol. The fourth-order valence-electron chi connectivity index (χ4n) is 2.19. The highest BCUT2D eigenvalue weighted by molar-refractivity contribution is 6.31. The van der Waals surface area contributed by atoms with Gasteiger partial charge in [0.25, 0.3) is 0 Å². The lowest BCUT2D eigenvalue weighted by Crippen LogP contribution is -2.18. The van der Waals surface area contributed by atoms with Crippen LogP contribution in [0.5, 0.6) is 5.75 Å². The van der Waals surface area contributed by atoms with Crippen molar-refractivity contribution in [3.8, 4) is 11.8 Å². The highest BCUT2D eigenvalue weighted by atomic mass is 35.5. The Balaban J connectivity index is 2.13. The molecule has 0 bridgehead atoms. The van der Waals surface area contributed by atoms with Crippen LogP contribution in [0.4, 0.5) is 0 Å². The number of rotatable bonds is 5. The fourth-order valence-corrected chi connectivity index (χ4v) is 2.48. The fraction of sp³-hybridized carbons (Fsp3) is 0.235. The van der Waals surface area contributed by atoms with Gasteiger partial charge in [-0.3, -0.25) is 0 Å². The van der Waals surface area contributed by atoms with Gasteiger partial charge in [0.05, 0.1) is 18.7 Å². The standard InChI is InChI=1S/C17H17ClN2O/c1-12(15-5-3-4-6-16(15)18)20-11-14-9-13(10-19)7-8-17(14)21-2/h3-9,12,20H,11H2,1-2H3/t12-/m1/s1. The van der Waals surface area contributed by atoms with Gasteiger partial charge in [-0.25, -0.2) is 0 Å². The number of nitriles is 1. The monoisotopic (exact) mass is 300 g/mol. The van der Waals surface area contributed by atoms with Crippen molar-refractivity contribution in [3.05, 3.63) is 64.2 Å². The molecule has 0 saturated carbocycles. The summed E-state index contributed by atoms with van der Waals surface area (Å²) < 4.78 is 5.33. The third kappa shape index (κ3) is 3.75. The van der Waals surface area contributed by atoms with Crippen LogP contribution in [-0.4, -0.2) is 7.11 Å². The molecule has 0 fully saturated rings. The second kappa shape index (κ2) is 7.12. The molecule has 3 nitrogen and oxygen atoms in total. The summed E-state index contributed by atoms with van der Waals surface area (Å²) >= 11 is 6.20.